The number of carbonyl (C=O) groups excluding carboxylic acids is 1. The minimum absolute atomic E-state index is 0.0816. The van der Waals surface area contributed by atoms with Crippen molar-refractivity contribution in [2.45, 2.75) is 19.3 Å². The van der Waals surface area contributed by atoms with Crippen LogP contribution in [0.25, 0.3) is 0 Å². The van der Waals surface area contributed by atoms with Crippen LogP contribution in [0, 0.1) is 11.8 Å². The van der Waals surface area contributed by atoms with Gasteiger partial charge in [-0.05, 0) is 37.4 Å². The summed E-state index contributed by atoms with van der Waals surface area (Å²) in [5.41, 5.74) is 6.47. The first-order chi connectivity index (χ1) is 7.81. The van der Waals surface area contributed by atoms with Gasteiger partial charge < -0.3 is 11.1 Å². The molecule has 0 radical (unpaired) electrons. The molecule has 4 heteroatoms. The summed E-state index contributed by atoms with van der Waals surface area (Å²) < 4.78 is 0. The van der Waals surface area contributed by atoms with Crippen molar-refractivity contribution in [1.82, 2.24) is 4.98 Å². The van der Waals surface area contributed by atoms with E-state index in [1.54, 1.807) is 24.5 Å². The van der Waals surface area contributed by atoms with Crippen LogP contribution in [0.15, 0.2) is 24.5 Å². The molecular formula is C12H17N3O. The van der Waals surface area contributed by atoms with Gasteiger partial charge in [-0.15, -0.1) is 0 Å². The van der Waals surface area contributed by atoms with Crippen LogP contribution in [-0.2, 0) is 4.79 Å². The van der Waals surface area contributed by atoms with Crippen molar-refractivity contribution < 1.29 is 4.79 Å². The van der Waals surface area contributed by atoms with Crippen molar-refractivity contribution >= 4 is 11.6 Å². The Balaban J connectivity index is 1.98. The Bertz CT molecular complexity index is 353. The summed E-state index contributed by atoms with van der Waals surface area (Å²) in [6.45, 7) is 0.606. The molecule has 1 aromatic heterocycles. The lowest BCUT2D eigenvalue weighted by Gasteiger charge is -2.17. The minimum atomic E-state index is 0.0816. The molecule has 1 aliphatic carbocycles. The first kappa shape index (κ1) is 11.1. The van der Waals surface area contributed by atoms with Crippen LogP contribution in [0.3, 0.4) is 0 Å². The molecule has 3 N–H and O–H groups in total. The molecule has 16 heavy (non-hydrogen) atoms. The van der Waals surface area contributed by atoms with E-state index >= 15 is 0 Å². The van der Waals surface area contributed by atoms with Crippen molar-refractivity contribution in [3.05, 3.63) is 24.5 Å². The molecule has 0 spiro atoms. The molecule has 1 amide bonds. The van der Waals surface area contributed by atoms with Crippen LogP contribution in [0.4, 0.5) is 5.69 Å². The highest BCUT2D eigenvalue weighted by Gasteiger charge is 2.31. The molecule has 1 aromatic rings. The normalized spacial score (nSPS) is 24.3. The van der Waals surface area contributed by atoms with Gasteiger partial charge in [0, 0.05) is 24.0 Å². The number of nitrogens with one attached hydrogen (secondary N) is 1. The van der Waals surface area contributed by atoms with Crippen LogP contribution in [-0.4, -0.2) is 17.4 Å². The van der Waals surface area contributed by atoms with Crippen molar-refractivity contribution in [3.63, 3.8) is 0 Å². The number of nitrogens with two attached hydrogens (primary N) is 1. The first-order valence-corrected chi connectivity index (χ1v) is 5.72. The van der Waals surface area contributed by atoms with Gasteiger partial charge in [0.15, 0.2) is 0 Å². The molecule has 0 saturated heterocycles. The van der Waals surface area contributed by atoms with Gasteiger partial charge in [-0.25, -0.2) is 0 Å². The summed E-state index contributed by atoms with van der Waals surface area (Å²) in [7, 11) is 0. The molecule has 0 unspecified atom stereocenters. The van der Waals surface area contributed by atoms with E-state index in [-0.39, 0.29) is 11.8 Å². The Labute approximate surface area is 95.3 Å². The van der Waals surface area contributed by atoms with E-state index in [1.807, 2.05) is 0 Å². The van der Waals surface area contributed by atoms with Gasteiger partial charge >= 0.3 is 0 Å². The topological polar surface area (TPSA) is 68.0 Å². The number of hydrogen-bond donors (Lipinski definition) is 2. The Morgan fingerprint density at radius 1 is 1.44 bits per heavy atom. The molecule has 0 bridgehead atoms. The lowest BCUT2D eigenvalue weighted by molar-refractivity contribution is -0.120. The molecule has 1 fully saturated rings. The molecule has 0 aliphatic heterocycles. The van der Waals surface area contributed by atoms with Gasteiger partial charge in [-0.2, -0.15) is 0 Å². The lowest BCUT2D eigenvalue weighted by Crippen LogP contribution is -2.29. The van der Waals surface area contributed by atoms with E-state index in [1.165, 1.54) is 0 Å². The third-order valence-electron chi connectivity index (χ3n) is 3.25. The predicted octanol–water partition coefficient (Wildman–Crippen LogP) is 1.40. The lowest BCUT2D eigenvalue weighted by atomic mass is 9.95. The molecular weight excluding hydrogens is 202 g/mol. The monoisotopic (exact) mass is 219 g/mol. The highest BCUT2D eigenvalue weighted by Crippen LogP contribution is 2.31. The quantitative estimate of drug-likeness (QED) is 0.807. The van der Waals surface area contributed by atoms with Crippen molar-refractivity contribution in [1.29, 1.82) is 0 Å². The maximum Gasteiger partial charge on any atom is 0.227 e. The van der Waals surface area contributed by atoms with E-state index in [2.05, 4.69) is 10.3 Å². The van der Waals surface area contributed by atoms with Crippen molar-refractivity contribution in [3.8, 4) is 0 Å². The van der Waals surface area contributed by atoms with Crippen LogP contribution in [0.5, 0.6) is 0 Å². The van der Waals surface area contributed by atoms with Crippen LogP contribution in [0.2, 0.25) is 0 Å². The second-order valence-electron chi connectivity index (χ2n) is 4.26. The first-order valence-electron chi connectivity index (χ1n) is 5.72. The fourth-order valence-corrected chi connectivity index (χ4v) is 2.33. The number of amides is 1. The summed E-state index contributed by atoms with van der Waals surface area (Å²) in [6.07, 6.45) is 6.48. The SMILES string of the molecule is NC[C@H]1CCC[C@H]1C(=O)Nc1ccncc1. The zero-order chi connectivity index (χ0) is 11.4. The molecule has 1 heterocycles. The molecule has 4 nitrogen and oxygen atoms in total. The Morgan fingerprint density at radius 3 is 2.88 bits per heavy atom. The summed E-state index contributed by atoms with van der Waals surface area (Å²) in [5, 5.41) is 2.91. The highest BCUT2D eigenvalue weighted by atomic mass is 16.1. The van der Waals surface area contributed by atoms with E-state index in [0.29, 0.717) is 12.5 Å². The number of anilines is 1. The average molecular weight is 219 g/mol. The van der Waals surface area contributed by atoms with Crippen LogP contribution < -0.4 is 11.1 Å². The maximum absolute atomic E-state index is 12.0. The molecule has 2 atom stereocenters. The predicted molar refractivity (Wildman–Crippen MR) is 62.8 cm³/mol. The van der Waals surface area contributed by atoms with Gasteiger partial charge in [-0.3, -0.25) is 9.78 Å². The number of nitrogens with zero attached hydrogens (tertiary/aromatic N) is 1. The Kier molecular flexibility index (Phi) is 3.51. The number of rotatable bonds is 3. The van der Waals surface area contributed by atoms with Crippen LogP contribution in [0.1, 0.15) is 19.3 Å². The highest BCUT2D eigenvalue weighted by molar-refractivity contribution is 5.92. The van der Waals surface area contributed by atoms with Gasteiger partial charge in [0.25, 0.3) is 0 Å². The summed E-state index contributed by atoms with van der Waals surface area (Å²) in [4.78, 5) is 15.9. The van der Waals surface area contributed by atoms with E-state index in [9.17, 15) is 4.79 Å². The third kappa shape index (κ3) is 2.39. The summed E-state index contributed by atoms with van der Waals surface area (Å²) >= 11 is 0. The molecule has 1 saturated carbocycles. The van der Waals surface area contributed by atoms with Gasteiger partial charge in [0.1, 0.15) is 0 Å². The number of carbonyl (C=O) groups is 1. The fourth-order valence-electron chi connectivity index (χ4n) is 2.33. The van der Waals surface area contributed by atoms with E-state index in [0.717, 1.165) is 24.9 Å². The molecule has 0 aromatic carbocycles. The number of hydrogen-bond acceptors (Lipinski definition) is 3. The molecule has 2 rings (SSSR count). The van der Waals surface area contributed by atoms with E-state index < -0.39 is 0 Å². The summed E-state index contributed by atoms with van der Waals surface area (Å²) in [5.74, 6) is 0.527. The smallest absolute Gasteiger partial charge is 0.227 e. The number of aromatic nitrogens is 1. The largest absolute Gasteiger partial charge is 0.330 e. The Hall–Kier alpha value is -1.42. The number of pyridine rings is 1. The molecule has 1 aliphatic rings. The van der Waals surface area contributed by atoms with E-state index in [4.69, 9.17) is 5.73 Å². The maximum atomic E-state index is 12.0. The van der Waals surface area contributed by atoms with Gasteiger partial charge in [-0.1, -0.05) is 6.42 Å². The Morgan fingerprint density at radius 2 is 2.19 bits per heavy atom. The van der Waals surface area contributed by atoms with Crippen molar-refractivity contribution in [2.24, 2.45) is 17.6 Å². The average Bonchev–Trinajstić information content (AvgIpc) is 2.78. The van der Waals surface area contributed by atoms with Crippen molar-refractivity contribution in [2.75, 3.05) is 11.9 Å². The minimum Gasteiger partial charge on any atom is -0.330 e. The third-order valence-corrected chi connectivity index (χ3v) is 3.25. The summed E-state index contributed by atoms with van der Waals surface area (Å²) in [6, 6.07) is 3.59. The standard InChI is InChI=1S/C12H17N3O/c13-8-9-2-1-3-11(9)12(16)15-10-4-6-14-7-5-10/h4-7,9,11H,1-3,8,13H2,(H,14,15,16)/t9-,11-/m1/s1. The fraction of sp³-hybridized carbons (Fsp3) is 0.500. The van der Waals surface area contributed by atoms with Gasteiger partial charge in [0.2, 0.25) is 5.91 Å². The zero-order valence-electron chi connectivity index (χ0n) is 9.23. The second-order valence-corrected chi connectivity index (χ2v) is 4.26. The van der Waals surface area contributed by atoms with Crippen LogP contribution >= 0.6 is 0 Å². The second kappa shape index (κ2) is 5.07. The zero-order valence-corrected chi connectivity index (χ0v) is 9.23. The van der Waals surface area contributed by atoms with Gasteiger partial charge in [0.05, 0.1) is 0 Å². The molecule has 86 valence electrons.